The molecule has 1 unspecified atom stereocenters. The van der Waals surface area contributed by atoms with Gasteiger partial charge in [-0.1, -0.05) is 39.7 Å². The molecule has 1 N–H and O–H groups in total. The predicted octanol–water partition coefficient (Wildman–Crippen LogP) is 4.86. The summed E-state index contributed by atoms with van der Waals surface area (Å²) in [4.78, 5) is 0. The molecule has 0 bridgehead atoms. The van der Waals surface area contributed by atoms with E-state index in [1.807, 2.05) is 25.1 Å². The van der Waals surface area contributed by atoms with Crippen molar-refractivity contribution in [3.63, 3.8) is 0 Å². The van der Waals surface area contributed by atoms with Crippen molar-refractivity contribution < 1.29 is 4.39 Å². The van der Waals surface area contributed by atoms with Crippen LogP contribution in [-0.4, -0.2) is 7.05 Å². The van der Waals surface area contributed by atoms with Gasteiger partial charge in [-0.05, 0) is 49.4 Å². The number of hydrogen-bond acceptors (Lipinski definition) is 1. The van der Waals surface area contributed by atoms with Crippen LogP contribution in [0.3, 0.4) is 0 Å². The summed E-state index contributed by atoms with van der Waals surface area (Å²) in [6.07, 6.45) is 0. The van der Waals surface area contributed by atoms with Crippen molar-refractivity contribution in [2.75, 3.05) is 7.05 Å². The van der Waals surface area contributed by atoms with Crippen LogP contribution in [0.15, 0.2) is 40.9 Å². The molecule has 2 aromatic rings. The van der Waals surface area contributed by atoms with Crippen LogP contribution in [0.25, 0.3) is 0 Å². The molecule has 0 aliphatic rings. The minimum absolute atomic E-state index is 0.251. The SMILES string of the molecule is CNC(c1cc(Br)ccc1F)c1ccc(C)cc1Cl. The molecule has 0 heterocycles. The van der Waals surface area contributed by atoms with Crippen LogP contribution in [0.2, 0.25) is 5.02 Å². The lowest BCUT2D eigenvalue weighted by molar-refractivity contribution is 0.576. The second-order valence-corrected chi connectivity index (χ2v) is 5.74. The van der Waals surface area contributed by atoms with Gasteiger partial charge in [0.25, 0.3) is 0 Å². The Balaban J connectivity index is 2.52. The fraction of sp³-hybridized carbons (Fsp3) is 0.200. The minimum atomic E-state index is -0.273. The van der Waals surface area contributed by atoms with E-state index in [0.717, 1.165) is 15.6 Å². The summed E-state index contributed by atoms with van der Waals surface area (Å²) in [7, 11) is 1.79. The third-order valence-electron chi connectivity index (χ3n) is 3.02. The molecule has 100 valence electrons. The maximum Gasteiger partial charge on any atom is 0.128 e. The van der Waals surface area contributed by atoms with Gasteiger partial charge in [-0.15, -0.1) is 0 Å². The molecule has 0 aromatic heterocycles. The summed E-state index contributed by atoms with van der Waals surface area (Å²) in [5.74, 6) is -0.251. The van der Waals surface area contributed by atoms with Crippen LogP contribution >= 0.6 is 27.5 Å². The van der Waals surface area contributed by atoms with Gasteiger partial charge in [0.2, 0.25) is 0 Å². The van der Waals surface area contributed by atoms with Gasteiger partial charge in [-0.2, -0.15) is 0 Å². The fourth-order valence-electron chi connectivity index (χ4n) is 2.08. The van der Waals surface area contributed by atoms with Crippen LogP contribution in [-0.2, 0) is 0 Å². The van der Waals surface area contributed by atoms with Crippen molar-refractivity contribution in [2.24, 2.45) is 0 Å². The summed E-state index contributed by atoms with van der Waals surface area (Å²) in [6.45, 7) is 1.98. The molecule has 2 aromatic carbocycles. The summed E-state index contributed by atoms with van der Waals surface area (Å²) in [5, 5.41) is 3.76. The molecule has 0 amide bonds. The lowest BCUT2D eigenvalue weighted by Gasteiger charge is -2.20. The molecule has 0 aliphatic carbocycles. The number of hydrogen-bond donors (Lipinski definition) is 1. The topological polar surface area (TPSA) is 12.0 Å². The number of nitrogens with one attached hydrogen (secondary N) is 1. The molecule has 2 rings (SSSR count). The number of rotatable bonds is 3. The van der Waals surface area contributed by atoms with Crippen LogP contribution in [0.1, 0.15) is 22.7 Å². The smallest absolute Gasteiger partial charge is 0.128 e. The Morgan fingerprint density at radius 3 is 2.53 bits per heavy atom. The highest BCUT2D eigenvalue weighted by Crippen LogP contribution is 2.31. The average molecular weight is 343 g/mol. The van der Waals surface area contributed by atoms with Crippen molar-refractivity contribution >= 4 is 27.5 Å². The molecular formula is C15H14BrClFN. The van der Waals surface area contributed by atoms with E-state index in [0.29, 0.717) is 10.6 Å². The summed E-state index contributed by atoms with van der Waals surface area (Å²) in [6, 6.07) is 10.4. The van der Waals surface area contributed by atoms with Gasteiger partial charge in [0.05, 0.1) is 6.04 Å². The molecule has 1 nitrogen and oxygen atoms in total. The Bertz CT molecular complexity index is 601. The van der Waals surface area contributed by atoms with Gasteiger partial charge in [0, 0.05) is 15.1 Å². The van der Waals surface area contributed by atoms with Crippen molar-refractivity contribution in [1.82, 2.24) is 5.32 Å². The van der Waals surface area contributed by atoms with Gasteiger partial charge in [0.15, 0.2) is 0 Å². The van der Waals surface area contributed by atoms with Crippen LogP contribution in [0.4, 0.5) is 4.39 Å². The summed E-state index contributed by atoms with van der Waals surface area (Å²) in [5.41, 5.74) is 2.52. The average Bonchev–Trinajstić information content (AvgIpc) is 2.36. The van der Waals surface area contributed by atoms with E-state index in [-0.39, 0.29) is 11.9 Å². The van der Waals surface area contributed by atoms with Gasteiger partial charge in [-0.3, -0.25) is 0 Å². The number of aryl methyl sites for hydroxylation is 1. The van der Waals surface area contributed by atoms with E-state index < -0.39 is 0 Å². The molecule has 1 atom stereocenters. The Hall–Kier alpha value is -0.900. The van der Waals surface area contributed by atoms with Crippen molar-refractivity contribution in [3.05, 3.63) is 68.4 Å². The molecule has 0 spiro atoms. The Morgan fingerprint density at radius 2 is 1.89 bits per heavy atom. The summed E-state index contributed by atoms with van der Waals surface area (Å²) >= 11 is 9.64. The molecule has 19 heavy (non-hydrogen) atoms. The molecular weight excluding hydrogens is 329 g/mol. The van der Waals surface area contributed by atoms with Gasteiger partial charge in [0.1, 0.15) is 5.82 Å². The first-order valence-electron chi connectivity index (χ1n) is 5.91. The van der Waals surface area contributed by atoms with Crippen LogP contribution in [0, 0.1) is 12.7 Å². The first-order valence-corrected chi connectivity index (χ1v) is 7.08. The predicted molar refractivity (Wildman–Crippen MR) is 81.2 cm³/mol. The van der Waals surface area contributed by atoms with E-state index in [1.54, 1.807) is 19.2 Å². The lowest BCUT2D eigenvalue weighted by atomic mass is 9.97. The third-order valence-corrected chi connectivity index (χ3v) is 3.85. The maximum atomic E-state index is 14.0. The molecule has 0 aliphatic heterocycles. The van der Waals surface area contributed by atoms with Gasteiger partial charge in [-0.25, -0.2) is 4.39 Å². The van der Waals surface area contributed by atoms with E-state index >= 15 is 0 Å². The van der Waals surface area contributed by atoms with Crippen LogP contribution < -0.4 is 5.32 Å². The number of benzene rings is 2. The van der Waals surface area contributed by atoms with Crippen molar-refractivity contribution in [3.8, 4) is 0 Å². The first kappa shape index (κ1) is 14.5. The van der Waals surface area contributed by atoms with E-state index in [1.165, 1.54) is 6.07 Å². The molecule has 0 radical (unpaired) electrons. The van der Waals surface area contributed by atoms with E-state index in [4.69, 9.17) is 11.6 Å². The fourth-order valence-corrected chi connectivity index (χ4v) is 2.80. The van der Waals surface area contributed by atoms with E-state index in [9.17, 15) is 4.39 Å². The van der Waals surface area contributed by atoms with Gasteiger partial charge < -0.3 is 5.32 Å². The highest BCUT2D eigenvalue weighted by molar-refractivity contribution is 9.10. The largest absolute Gasteiger partial charge is 0.309 e. The monoisotopic (exact) mass is 341 g/mol. The zero-order valence-corrected chi connectivity index (χ0v) is 13.0. The quantitative estimate of drug-likeness (QED) is 0.840. The van der Waals surface area contributed by atoms with Gasteiger partial charge >= 0.3 is 0 Å². The standard InChI is InChI=1S/C15H14BrClFN/c1-9-3-5-11(13(17)7-9)15(19-2)12-8-10(16)4-6-14(12)18/h3-8,15,19H,1-2H3. The molecule has 0 saturated carbocycles. The highest BCUT2D eigenvalue weighted by atomic mass is 79.9. The Labute approximate surface area is 125 Å². The first-order chi connectivity index (χ1) is 9.02. The maximum absolute atomic E-state index is 14.0. The van der Waals surface area contributed by atoms with Crippen molar-refractivity contribution in [1.29, 1.82) is 0 Å². The lowest BCUT2D eigenvalue weighted by Crippen LogP contribution is -2.19. The van der Waals surface area contributed by atoms with Crippen LogP contribution in [0.5, 0.6) is 0 Å². The normalized spacial score (nSPS) is 12.5. The highest BCUT2D eigenvalue weighted by Gasteiger charge is 2.19. The second kappa shape index (κ2) is 6.04. The van der Waals surface area contributed by atoms with E-state index in [2.05, 4.69) is 21.2 Å². The van der Waals surface area contributed by atoms with Crippen molar-refractivity contribution in [2.45, 2.75) is 13.0 Å². The zero-order chi connectivity index (χ0) is 14.0. The molecule has 0 fully saturated rings. The minimum Gasteiger partial charge on any atom is -0.309 e. The Kier molecular flexibility index (Phi) is 4.61. The summed E-state index contributed by atoms with van der Waals surface area (Å²) < 4.78 is 14.8. The molecule has 4 heteroatoms. The second-order valence-electron chi connectivity index (χ2n) is 4.41. The Morgan fingerprint density at radius 1 is 1.16 bits per heavy atom. The zero-order valence-electron chi connectivity index (χ0n) is 10.7. The molecule has 0 saturated heterocycles. The third kappa shape index (κ3) is 3.16. The number of halogens is 3.